The molecule has 0 saturated carbocycles. The molecular formula is C11H9IN2O. The van der Waals surface area contributed by atoms with Gasteiger partial charge in [-0.25, -0.2) is 4.68 Å². The van der Waals surface area contributed by atoms with Gasteiger partial charge in [0.2, 0.25) is 0 Å². The Bertz CT molecular complexity index is 505. The fourth-order valence-corrected chi connectivity index (χ4v) is 2.04. The van der Waals surface area contributed by atoms with Gasteiger partial charge in [0.15, 0.2) is 6.29 Å². The van der Waals surface area contributed by atoms with Gasteiger partial charge >= 0.3 is 0 Å². The summed E-state index contributed by atoms with van der Waals surface area (Å²) in [5.74, 6) is 0. The quantitative estimate of drug-likeness (QED) is 0.631. The van der Waals surface area contributed by atoms with E-state index >= 15 is 0 Å². The van der Waals surface area contributed by atoms with E-state index in [9.17, 15) is 4.79 Å². The van der Waals surface area contributed by atoms with Crippen LogP contribution in [0.1, 0.15) is 16.2 Å². The van der Waals surface area contributed by atoms with Crippen molar-refractivity contribution in [1.82, 2.24) is 9.78 Å². The van der Waals surface area contributed by atoms with Gasteiger partial charge < -0.3 is 0 Å². The van der Waals surface area contributed by atoms with Crippen molar-refractivity contribution in [3.05, 3.63) is 45.3 Å². The van der Waals surface area contributed by atoms with Crippen molar-refractivity contribution in [1.29, 1.82) is 0 Å². The van der Waals surface area contributed by atoms with Gasteiger partial charge in [0.1, 0.15) is 5.69 Å². The smallest absolute Gasteiger partial charge is 0.168 e. The second-order valence-electron chi connectivity index (χ2n) is 3.19. The van der Waals surface area contributed by atoms with Crippen LogP contribution in [0.4, 0.5) is 0 Å². The molecule has 0 radical (unpaired) electrons. The van der Waals surface area contributed by atoms with Crippen molar-refractivity contribution in [3.8, 4) is 5.69 Å². The largest absolute Gasteiger partial charge is 0.296 e. The first-order valence-electron chi connectivity index (χ1n) is 4.49. The van der Waals surface area contributed by atoms with Crippen molar-refractivity contribution < 1.29 is 4.79 Å². The Morgan fingerprint density at radius 3 is 2.80 bits per heavy atom. The highest BCUT2D eigenvalue weighted by Gasteiger charge is 2.08. The minimum Gasteiger partial charge on any atom is -0.296 e. The Morgan fingerprint density at radius 2 is 2.13 bits per heavy atom. The number of hydrogen-bond donors (Lipinski definition) is 0. The number of rotatable bonds is 2. The fourth-order valence-electron chi connectivity index (χ4n) is 1.42. The van der Waals surface area contributed by atoms with Crippen LogP contribution in [0.25, 0.3) is 5.69 Å². The topological polar surface area (TPSA) is 34.9 Å². The Labute approximate surface area is 101 Å². The van der Waals surface area contributed by atoms with Crippen LogP contribution < -0.4 is 0 Å². The number of para-hydroxylation sites is 1. The Hall–Kier alpha value is -1.17. The summed E-state index contributed by atoms with van der Waals surface area (Å²) in [6, 6.07) is 9.60. The van der Waals surface area contributed by atoms with Crippen LogP contribution in [-0.2, 0) is 0 Å². The maximum atomic E-state index is 10.9. The van der Waals surface area contributed by atoms with Gasteiger partial charge in [-0.2, -0.15) is 5.10 Å². The van der Waals surface area contributed by atoms with Crippen LogP contribution in [0.5, 0.6) is 0 Å². The number of carbonyl (C=O) groups is 1. The number of carbonyl (C=O) groups excluding carboxylic acids is 1. The summed E-state index contributed by atoms with van der Waals surface area (Å²) in [5, 5.41) is 4.29. The summed E-state index contributed by atoms with van der Waals surface area (Å²) in [5.41, 5.74) is 2.36. The number of nitrogens with zero attached hydrogens (tertiary/aromatic N) is 2. The first-order chi connectivity index (χ1) is 7.22. The number of hydrogen-bond acceptors (Lipinski definition) is 2. The first-order valence-corrected chi connectivity index (χ1v) is 5.57. The standard InChI is InChI=1S/C11H9IN2O/c1-8-6-9(7-15)14(13-8)11-5-3-2-4-10(11)12/h2-7H,1H3. The average molecular weight is 312 g/mol. The van der Waals surface area contributed by atoms with E-state index in [1.165, 1.54) is 0 Å². The lowest BCUT2D eigenvalue weighted by Crippen LogP contribution is -2.03. The molecule has 0 aliphatic carbocycles. The summed E-state index contributed by atoms with van der Waals surface area (Å²) in [6.07, 6.45) is 0.822. The van der Waals surface area contributed by atoms with E-state index in [0.29, 0.717) is 5.69 Å². The van der Waals surface area contributed by atoms with Crippen molar-refractivity contribution in [2.24, 2.45) is 0 Å². The second-order valence-corrected chi connectivity index (χ2v) is 4.35. The SMILES string of the molecule is Cc1cc(C=O)n(-c2ccccc2I)n1. The Morgan fingerprint density at radius 1 is 1.40 bits per heavy atom. The maximum Gasteiger partial charge on any atom is 0.168 e. The maximum absolute atomic E-state index is 10.9. The molecule has 0 aliphatic heterocycles. The third kappa shape index (κ3) is 1.94. The predicted octanol–water partition coefficient (Wildman–Crippen LogP) is 2.60. The molecule has 15 heavy (non-hydrogen) atoms. The number of benzene rings is 1. The van der Waals surface area contributed by atoms with Crippen LogP contribution >= 0.6 is 22.6 Å². The molecule has 76 valence electrons. The molecule has 0 unspecified atom stereocenters. The second kappa shape index (κ2) is 4.14. The normalized spacial score (nSPS) is 10.3. The molecule has 1 aromatic heterocycles. The Kier molecular flexibility index (Phi) is 2.86. The van der Waals surface area contributed by atoms with Gasteiger partial charge in [0, 0.05) is 3.57 Å². The molecular weight excluding hydrogens is 303 g/mol. The summed E-state index contributed by atoms with van der Waals surface area (Å²) >= 11 is 2.23. The van der Waals surface area contributed by atoms with E-state index in [1.807, 2.05) is 31.2 Å². The highest BCUT2D eigenvalue weighted by atomic mass is 127. The highest BCUT2D eigenvalue weighted by Crippen LogP contribution is 2.17. The zero-order valence-corrected chi connectivity index (χ0v) is 10.3. The van der Waals surface area contributed by atoms with Crippen LogP contribution in [0.2, 0.25) is 0 Å². The van der Waals surface area contributed by atoms with Gasteiger partial charge in [-0.1, -0.05) is 12.1 Å². The van der Waals surface area contributed by atoms with E-state index in [2.05, 4.69) is 27.7 Å². The number of halogens is 1. The molecule has 0 bridgehead atoms. The van der Waals surface area contributed by atoms with Crippen LogP contribution in [0, 0.1) is 10.5 Å². The predicted molar refractivity (Wildman–Crippen MR) is 66.4 cm³/mol. The van der Waals surface area contributed by atoms with Crippen LogP contribution in [-0.4, -0.2) is 16.1 Å². The molecule has 0 saturated heterocycles. The third-order valence-electron chi connectivity index (χ3n) is 2.06. The molecule has 0 spiro atoms. The van der Waals surface area contributed by atoms with Crippen molar-refractivity contribution >= 4 is 28.9 Å². The lowest BCUT2D eigenvalue weighted by Gasteiger charge is -2.05. The van der Waals surface area contributed by atoms with Crippen LogP contribution in [0.3, 0.4) is 0 Å². The van der Waals surface area contributed by atoms with Crippen molar-refractivity contribution in [3.63, 3.8) is 0 Å². The lowest BCUT2D eigenvalue weighted by atomic mass is 10.3. The minimum atomic E-state index is 0.580. The van der Waals surface area contributed by atoms with Gasteiger partial charge in [0.25, 0.3) is 0 Å². The van der Waals surface area contributed by atoms with E-state index in [-0.39, 0.29) is 0 Å². The molecule has 1 aromatic carbocycles. The Balaban J connectivity index is 2.63. The van der Waals surface area contributed by atoms with Gasteiger partial charge in [-0.05, 0) is 47.7 Å². The van der Waals surface area contributed by atoms with E-state index < -0.39 is 0 Å². The van der Waals surface area contributed by atoms with Crippen molar-refractivity contribution in [2.45, 2.75) is 6.92 Å². The molecule has 0 amide bonds. The van der Waals surface area contributed by atoms with Gasteiger partial charge in [-0.15, -0.1) is 0 Å². The third-order valence-corrected chi connectivity index (χ3v) is 2.97. The van der Waals surface area contributed by atoms with Gasteiger partial charge in [0.05, 0.1) is 11.4 Å². The van der Waals surface area contributed by atoms with Crippen molar-refractivity contribution in [2.75, 3.05) is 0 Å². The molecule has 1 heterocycles. The molecule has 0 fully saturated rings. The molecule has 0 N–H and O–H groups in total. The number of aryl methyl sites for hydroxylation is 1. The minimum absolute atomic E-state index is 0.580. The number of aldehydes is 1. The number of aromatic nitrogens is 2. The molecule has 0 atom stereocenters. The summed E-state index contributed by atoms with van der Waals surface area (Å²) < 4.78 is 2.74. The summed E-state index contributed by atoms with van der Waals surface area (Å²) in [4.78, 5) is 10.9. The molecule has 2 aromatic rings. The van der Waals surface area contributed by atoms with Gasteiger partial charge in [-0.3, -0.25) is 4.79 Å². The highest BCUT2D eigenvalue weighted by molar-refractivity contribution is 14.1. The molecule has 0 aliphatic rings. The molecule has 2 rings (SSSR count). The lowest BCUT2D eigenvalue weighted by molar-refractivity contribution is 0.111. The average Bonchev–Trinajstić information content (AvgIpc) is 2.60. The first kappa shape index (κ1) is 10.4. The van der Waals surface area contributed by atoms with E-state index in [0.717, 1.165) is 21.2 Å². The zero-order chi connectivity index (χ0) is 10.8. The van der Waals surface area contributed by atoms with Crippen LogP contribution in [0.15, 0.2) is 30.3 Å². The zero-order valence-electron chi connectivity index (χ0n) is 8.14. The monoisotopic (exact) mass is 312 g/mol. The van der Waals surface area contributed by atoms with E-state index in [4.69, 9.17) is 0 Å². The fraction of sp³-hybridized carbons (Fsp3) is 0.0909. The summed E-state index contributed by atoms with van der Waals surface area (Å²) in [6.45, 7) is 1.87. The molecule has 4 heteroatoms. The van der Waals surface area contributed by atoms with E-state index in [1.54, 1.807) is 10.7 Å². The summed E-state index contributed by atoms with van der Waals surface area (Å²) in [7, 11) is 0. The molecule has 3 nitrogen and oxygen atoms in total.